The molecule has 0 aliphatic heterocycles. The van der Waals surface area contributed by atoms with Crippen LogP contribution in [0.5, 0.6) is 0 Å². The van der Waals surface area contributed by atoms with E-state index in [0.717, 1.165) is 0 Å². The summed E-state index contributed by atoms with van der Waals surface area (Å²) in [6.07, 6.45) is 0. The molecule has 0 fully saturated rings. The van der Waals surface area contributed by atoms with Gasteiger partial charge < -0.3 is 0 Å². The van der Waals surface area contributed by atoms with Gasteiger partial charge in [-0.05, 0) is 129 Å². The molecule has 0 saturated heterocycles. The van der Waals surface area contributed by atoms with Gasteiger partial charge in [-0.15, -0.1) is 0 Å². The predicted molar refractivity (Wildman–Crippen MR) is 238 cm³/mol. The van der Waals surface area contributed by atoms with Gasteiger partial charge in [0.15, 0.2) is 0 Å². The van der Waals surface area contributed by atoms with Crippen molar-refractivity contribution in [2.75, 3.05) is 0 Å². The summed E-state index contributed by atoms with van der Waals surface area (Å²) in [4.78, 5) is 0. The summed E-state index contributed by atoms with van der Waals surface area (Å²) in [6, 6.07) is 68.2. The Hall–Kier alpha value is -6.50. The van der Waals surface area contributed by atoms with Crippen molar-refractivity contribution in [3.05, 3.63) is 204 Å². The summed E-state index contributed by atoms with van der Waals surface area (Å²) in [6.45, 7) is 9.55. The summed E-state index contributed by atoms with van der Waals surface area (Å²) in [5.74, 6) is 0. The van der Waals surface area contributed by atoms with Crippen LogP contribution in [0.4, 0.5) is 0 Å². The largest absolute Gasteiger partial charge is 0.0622 e. The SMILES string of the molecule is CC1(C)c2ccccc2-c2ccc(-c3ccc4c(c3)C(C)(C)c3cc(-c5c6ccccc6c(-c6ccccc6-c6ccccc6)c6ccccc56)ccc3-4)cc21. The Morgan fingerprint density at radius 1 is 0.250 bits per heavy atom. The van der Waals surface area contributed by atoms with Crippen molar-refractivity contribution < 1.29 is 0 Å². The van der Waals surface area contributed by atoms with Gasteiger partial charge in [-0.1, -0.05) is 191 Å². The van der Waals surface area contributed by atoms with E-state index in [4.69, 9.17) is 0 Å². The number of benzene rings is 9. The van der Waals surface area contributed by atoms with Crippen molar-refractivity contribution in [3.63, 3.8) is 0 Å². The molecule has 2 aliphatic carbocycles. The van der Waals surface area contributed by atoms with Crippen LogP contribution in [0, 0.1) is 0 Å². The van der Waals surface area contributed by atoms with Crippen LogP contribution in [0.25, 0.3) is 88.3 Å². The molecule has 0 amide bonds. The first-order valence-electron chi connectivity index (χ1n) is 19.9. The molecular formula is C56H42. The van der Waals surface area contributed by atoms with Gasteiger partial charge in [0.25, 0.3) is 0 Å². The van der Waals surface area contributed by atoms with Gasteiger partial charge in [-0.3, -0.25) is 0 Å². The predicted octanol–water partition coefficient (Wildman–Crippen LogP) is 15.3. The van der Waals surface area contributed by atoms with E-state index >= 15 is 0 Å². The number of hydrogen-bond donors (Lipinski definition) is 0. The van der Waals surface area contributed by atoms with Crippen molar-refractivity contribution in [2.45, 2.75) is 38.5 Å². The van der Waals surface area contributed by atoms with Gasteiger partial charge in [0.1, 0.15) is 0 Å². The van der Waals surface area contributed by atoms with Crippen LogP contribution in [0.3, 0.4) is 0 Å². The Labute approximate surface area is 329 Å². The van der Waals surface area contributed by atoms with E-state index in [1.165, 1.54) is 111 Å². The minimum absolute atomic E-state index is 0.0254. The van der Waals surface area contributed by atoms with E-state index in [0.29, 0.717) is 0 Å². The third kappa shape index (κ3) is 4.66. The van der Waals surface area contributed by atoms with E-state index in [1.807, 2.05) is 0 Å². The average molecular weight is 715 g/mol. The van der Waals surface area contributed by atoms with Crippen molar-refractivity contribution >= 4 is 21.5 Å². The molecule has 0 spiro atoms. The Bertz CT molecular complexity index is 3010. The molecule has 0 atom stereocenters. The molecule has 11 rings (SSSR count). The molecule has 56 heavy (non-hydrogen) atoms. The minimum Gasteiger partial charge on any atom is -0.0622 e. The lowest BCUT2D eigenvalue weighted by molar-refractivity contribution is 0.659. The van der Waals surface area contributed by atoms with Crippen LogP contribution in [-0.2, 0) is 10.8 Å². The number of rotatable bonds is 4. The van der Waals surface area contributed by atoms with Crippen LogP contribution in [-0.4, -0.2) is 0 Å². The summed E-state index contributed by atoms with van der Waals surface area (Å²) >= 11 is 0. The second kappa shape index (κ2) is 12.0. The lowest BCUT2D eigenvalue weighted by atomic mass is 9.79. The van der Waals surface area contributed by atoms with E-state index in [2.05, 4.69) is 210 Å². The average Bonchev–Trinajstić information content (AvgIpc) is 3.61. The number of fused-ring (bicyclic) bond motifs is 8. The highest BCUT2D eigenvalue weighted by Gasteiger charge is 2.38. The lowest BCUT2D eigenvalue weighted by Gasteiger charge is -2.24. The Kier molecular flexibility index (Phi) is 7.05. The van der Waals surface area contributed by atoms with Gasteiger partial charge in [-0.2, -0.15) is 0 Å². The topological polar surface area (TPSA) is 0 Å². The van der Waals surface area contributed by atoms with E-state index < -0.39 is 0 Å². The van der Waals surface area contributed by atoms with Gasteiger partial charge in [0.05, 0.1) is 0 Å². The van der Waals surface area contributed by atoms with Crippen molar-refractivity contribution in [1.29, 1.82) is 0 Å². The van der Waals surface area contributed by atoms with Crippen molar-refractivity contribution in [1.82, 2.24) is 0 Å². The molecule has 9 aromatic carbocycles. The van der Waals surface area contributed by atoms with E-state index in [1.54, 1.807) is 0 Å². The molecule has 266 valence electrons. The lowest BCUT2D eigenvalue weighted by Crippen LogP contribution is -2.15. The molecule has 0 unspecified atom stereocenters. The third-order valence-corrected chi connectivity index (χ3v) is 13.1. The quantitative estimate of drug-likeness (QED) is 0.159. The molecule has 0 aromatic heterocycles. The smallest absolute Gasteiger partial charge is 0.0159 e. The third-order valence-electron chi connectivity index (χ3n) is 13.1. The molecule has 0 heteroatoms. The molecule has 0 N–H and O–H groups in total. The monoisotopic (exact) mass is 714 g/mol. The van der Waals surface area contributed by atoms with Crippen molar-refractivity contribution in [3.8, 4) is 66.8 Å². The summed E-state index contributed by atoms with van der Waals surface area (Å²) < 4.78 is 0. The zero-order valence-electron chi connectivity index (χ0n) is 32.3. The van der Waals surface area contributed by atoms with Gasteiger partial charge in [-0.25, -0.2) is 0 Å². The van der Waals surface area contributed by atoms with Crippen LogP contribution in [0.1, 0.15) is 49.9 Å². The van der Waals surface area contributed by atoms with Gasteiger partial charge in [0, 0.05) is 10.8 Å². The zero-order valence-corrected chi connectivity index (χ0v) is 32.3. The molecule has 0 nitrogen and oxygen atoms in total. The Morgan fingerprint density at radius 2 is 0.625 bits per heavy atom. The summed E-state index contributed by atoms with van der Waals surface area (Å²) in [5, 5.41) is 5.11. The first-order chi connectivity index (χ1) is 27.3. The van der Waals surface area contributed by atoms with Gasteiger partial charge >= 0.3 is 0 Å². The number of hydrogen-bond acceptors (Lipinski definition) is 0. The van der Waals surface area contributed by atoms with Crippen LogP contribution in [0.2, 0.25) is 0 Å². The maximum Gasteiger partial charge on any atom is 0.0159 e. The highest BCUT2D eigenvalue weighted by molar-refractivity contribution is 6.22. The minimum atomic E-state index is -0.164. The maximum atomic E-state index is 2.50. The van der Waals surface area contributed by atoms with E-state index in [-0.39, 0.29) is 10.8 Å². The molecule has 0 bridgehead atoms. The first-order valence-corrected chi connectivity index (χ1v) is 19.9. The molecule has 0 saturated carbocycles. The zero-order chi connectivity index (χ0) is 37.8. The van der Waals surface area contributed by atoms with Crippen LogP contribution >= 0.6 is 0 Å². The standard InChI is InChI=1S/C56H42/c1-55(2)49-25-15-14-19-40(49)41-29-26-36(32-50(41)55)37-27-30-42-43-31-28-38(34-52(43)56(3,4)51(42)33-37)53-45-21-10-12-23-47(45)54(48-24-13-11-22-46(48)53)44-20-9-8-18-39(44)35-16-6-5-7-17-35/h5-34H,1-4H3. The Morgan fingerprint density at radius 3 is 1.18 bits per heavy atom. The highest BCUT2D eigenvalue weighted by Crippen LogP contribution is 2.54. The Balaban J connectivity index is 1.05. The van der Waals surface area contributed by atoms with E-state index in [9.17, 15) is 0 Å². The maximum absolute atomic E-state index is 2.50. The van der Waals surface area contributed by atoms with Crippen molar-refractivity contribution in [2.24, 2.45) is 0 Å². The fourth-order valence-electron chi connectivity index (χ4n) is 10.3. The molecular weight excluding hydrogens is 673 g/mol. The normalized spacial score (nSPS) is 14.4. The van der Waals surface area contributed by atoms with Gasteiger partial charge in [0.2, 0.25) is 0 Å². The second-order valence-corrected chi connectivity index (χ2v) is 16.8. The molecule has 2 aliphatic rings. The first kappa shape index (κ1) is 32.9. The molecule has 0 heterocycles. The molecule has 9 aromatic rings. The van der Waals surface area contributed by atoms with Crippen LogP contribution < -0.4 is 0 Å². The fraction of sp³-hybridized carbons (Fsp3) is 0.107. The highest BCUT2D eigenvalue weighted by atomic mass is 14.4. The van der Waals surface area contributed by atoms with Crippen LogP contribution in [0.15, 0.2) is 182 Å². The fourth-order valence-corrected chi connectivity index (χ4v) is 10.3. The molecule has 0 radical (unpaired) electrons. The summed E-state index contributed by atoms with van der Waals surface area (Å²) in [7, 11) is 0. The summed E-state index contributed by atoms with van der Waals surface area (Å²) in [5.41, 5.74) is 21.0. The second-order valence-electron chi connectivity index (χ2n) is 16.8.